The van der Waals surface area contributed by atoms with E-state index >= 15 is 0 Å². The van der Waals surface area contributed by atoms with Crippen LogP contribution >= 0.6 is 0 Å². The van der Waals surface area contributed by atoms with E-state index in [1.54, 1.807) is 6.07 Å². The molecular weight excluding hydrogens is 266 g/mol. The molecule has 1 aliphatic heterocycles. The topological polar surface area (TPSA) is 71.5 Å². The van der Waals surface area contributed by atoms with Gasteiger partial charge < -0.3 is 4.42 Å². The van der Waals surface area contributed by atoms with E-state index in [2.05, 4.69) is 31.1 Å². The third-order valence-corrected chi connectivity index (χ3v) is 4.44. The van der Waals surface area contributed by atoms with Crippen molar-refractivity contribution in [3.05, 3.63) is 23.7 Å². The van der Waals surface area contributed by atoms with Gasteiger partial charge in [0.25, 0.3) is 0 Å². The maximum atomic E-state index is 11.4. The number of carbonyl (C=O) groups excluding carboxylic acids is 1. The van der Waals surface area contributed by atoms with Gasteiger partial charge in [-0.2, -0.15) is 0 Å². The van der Waals surface area contributed by atoms with Crippen molar-refractivity contribution < 1.29 is 9.21 Å². The van der Waals surface area contributed by atoms with Crippen LogP contribution in [0.3, 0.4) is 0 Å². The van der Waals surface area contributed by atoms with Crippen molar-refractivity contribution in [1.29, 1.82) is 0 Å². The minimum atomic E-state index is -0.384. The summed E-state index contributed by atoms with van der Waals surface area (Å²) in [7, 11) is 0. The molecular formula is C16H27N3O2. The molecule has 0 radical (unpaired) electrons. The molecule has 1 fully saturated rings. The van der Waals surface area contributed by atoms with Crippen LogP contribution in [0.1, 0.15) is 56.3 Å². The summed E-state index contributed by atoms with van der Waals surface area (Å²) >= 11 is 0. The van der Waals surface area contributed by atoms with E-state index < -0.39 is 0 Å². The van der Waals surface area contributed by atoms with Gasteiger partial charge in [-0.3, -0.25) is 15.1 Å². The Bertz CT molecular complexity index is 476. The largest absolute Gasteiger partial charge is 0.455 e. The average molecular weight is 293 g/mol. The second kappa shape index (κ2) is 6.62. The monoisotopic (exact) mass is 293 g/mol. The number of likely N-dealkylation sites (tertiary alicyclic amines) is 1. The number of hydrogen-bond acceptors (Lipinski definition) is 4. The first-order chi connectivity index (χ1) is 9.90. The van der Waals surface area contributed by atoms with Gasteiger partial charge in [-0.15, -0.1) is 0 Å². The van der Waals surface area contributed by atoms with Gasteiger partial charge >= 0.3 is 5.91 Å². The molecule has 5 nitrogen and oxygen atoms in total. The fourth-order valence-electron chi connectivity index (χ4n) is 3.06. The van der Waals surface area contributed by atoms with E-state index in [0.29, 0.717) is 5.41 Å². The molecule has 1 amide bonds. The highest BCUT2D eigenvalue weighted by molar-refractivity contribution is 5.90. The fourth-order valence-corrected chi connectivity index (χ4v) is 3.06. The smallest absolute Gasteiger partial charge is 0.300 e. The van der Waals surface area contributed by atoms with E-state index in [9.17, 15) is 4.79 Å². The molecule has 0 spiro atoms. The quantitative estimate of drug-likeness (QED) is 0.510. The van der Waals surface area contributed by atoms with Gasteiger partial charge in [0.1, 0.15) is 5.76 Å². The van der Waals surface area contributed by atoms with Gasteiger partial charge in [-0.05, 0) is 55.8 Å². The standard InChI is InChI=1S/C16H27N3O2/c1-16(2,3)12-5-4-9-19(10-8-12)11-13-6-7-14(21-13)15(20)18-17/h6-7,12H,4-5,8-11,17H2,1-3H3,(H,18,20). The van der Waals surface area contributed by atoms with Crippen molar-refractivity contribution in [2.24, 2.45) is 17.2 Å². The number of rotatable bonds is 3. The van der Waals surface area contributed by atoms with Gasteiger partial charge in [0.2, 0.25) is 0 Å². The first kappa shape index (κ1) is 16.0. The van der Waals surface area contributed by atoms with E-state index in [4.69, 9.17) is 10.3 Å². The van der Waals surface area contributed by atoms with Crippen LogP contribution in [0.4, 0.5) is 0 Å². The molecule has 2 rings (SSSR count). The number of nitrogen functional groups attached to an aromatic ring is 1. The fraction of sp³-hybridized carbons (Fsp3) is 0.688. The van der Waals surface area contributed by atoms with Crippen molar-refractivity contribution in [3.63, 3.8) is 0 Å². The zero-order chi connectivity index (χ0) is 15.5. The lowest BCUT2D eigenvalue weighted by molar-refractivity contribution is 0.0922. The lowest BCUT2D eigenvalue weighted by atomic mass is 9.77. The van der Waals surface area contributed by atoms with Crippen LogP contribution in [0.5, 0.6) is 0 Å². The summed E-state index contributed by atoms with van der Waals surface area (Å²) in [6, 6.07) is 3.53. The number of nitrogens with zero attached hydrogens (tertiary/aromatic N) is 1. The molecule has 1 aromatic heterocycles. The molecule has 21 heavy (non-hydrogen) atoms. The Morgan fingerprint density at radius 3 is 2.81 bits per heavy atom. The number of amides is 1. The Labute approximate surface area is 126 Å². The maximum Gasteiger partial charge on any atom is 0.300 e. The van der Waals surface area contributed by atoms with Crippen LogP contribution in [0.2, 0.25) is 0 Å². The Morgan fingerprint density at radius 2 is 2.14 bits per heavy atom. The molecule has 1 aromatic rings. The third-order valence-electron chi connectivity index (χ3n) is 4.44. The van der Waals surface area contributed by atoms with Gasteiger partial charge in [0.05, 0.1) is 6.54 Å². The van der Waals surface area contributed by atoms with Gasteiger partial charge in [0, 0.05) is 0 Å². The molecule has 1 unspecified atom stereocenters. The summed E-state index contributed by atoms with van der Waals surface area (Å²) in [6.45, 7) is 9.92. The minimum absolute atomic E-state index is 0.273. The highest BCUT2D eigenvalue weighted by atomic mass is 16.4. The Kier molecular flexibility index (Phi) is 5.06. The second-order valence-electron chi connectivity index (χ2n) is 7.01. The maximum absolute atomic E-state index is 11.4. The van der Waals surface area contributed by atoms with Crippen LogP contribution in [0.15, 0.2) is 16.5 Å². The Morgan fingerprint density at radius 1 is 1.38 bits per heavy atom. The van der Waals surface area contributed by atoms with Crippen molar-refractivity contribution in [2.45, 2.75) is 46.6 Å². The van der Waals surface area contributed by atoms with Crippen molar-refractivity contribution in [1.82, 2.24) is 10.3 Å². The highest BCUT2D eigenvalue weighted by Crippen LogP contribution is 2.34. The number of hydrazine groups is 1. The van der Waals surface area contributed by atoms with Crippen LogP contribution in [-0.2, 0) is 6.54 Å². The van der Waals surface area contributed by atoms with Crippen LogP contribution < -0.4 is 11.3 Å². The normalized spacial score (nSPS) is 21.0. The summed E-state index contributed by atoms with van der Waals surface area (Å²) in [4.78, 5) is 13.8. The van der Waals surface area contributed by atoms with Crippen molar-refractivity contribution in [2.75, 3.05) is 13.1 Å². The molecule has 3 N–H and O–H groups in total. The van der Waals surface area contributed by atoms with Crippen LogP contribution in [0.25, 0.3) is 0 Å². The summed E-state index contributed by atoms with van der Waals surface area (Å²) < 4.78 is 5.54. The lowest BCUT2D eigenvalue weighted by Crippen LogP contribution is -2.29. The van der Waals surface area contributed by atoms with Gasteiger partial charge in [-0.25, -0.2) is 5.84 Å². The molecule has 0 saturated carbocycles. The van der Waals surface area contributed by atoms with Crippen LogP contribution in [-0.4, -0.2) is 23.9 Å². The average Bonchev–Trinajstić information content (AvgIpc) is 2.74. The zero-order valence-corrected chi connectivity index (χ0v) is 13.3. The molecule has 1 atom stereocenters. The molecule has 0 aliphatic carbocycles. The van der Waals surface area contributed by atoms with Crippen molar-refractivity contribution >= 4 is 5.91 Å². The lowest BCUT2D eigenvalue weighted by Gasteiger charge is -2.29. The molecule has 0 bridgehead atoms. The predicted octanol–water partition coefficient (Wildman–Crippen LogP) is 2.53. The molecule has 5 heteroatoms. The number of carbonyl (C=O) groups is 1. The molecule has 1 aliphatic rings. The first-order valence-electron chi connectivity index (χ1n) is 7.72. The summed E-state index contributed by atoms with van der Waals surface area (Å²) in [5.74, 6) is 6.59. The number of nitrogens with two attached hydrogens (primary N) is 1. The third kappa shape index (κ3) is 4.32. The van der Waals surface area contributed by atoms with E-state index in [-0.39, 0.29) is 11.7 Å². The van der Waals surface area contributed by atoms with Crippen molar-refractivity contribution in [3.8, 4) is 0 Å². The molecule has 118 valence electrons. The Hall–Kier alpha value is -1.33. The zero-order valence-electron chi connectivity index (χ0n) is 13.3. The first-order valence-corrected chi connectivity index (χ1v) is 7.72. The number of nitrogens with one attached hydrogen (secondary N) is 1. The molecule has 0 aromatic carbocycles. The predicted molar refractivity (Wildman–Crippen MR) is 82.4 cm³/mol. The van der Waals surface area contributed by atoms with Crippen LogP contribution in [0, 0.1) is 11.3 Å². The number of hydrogen-bond donors (Lipinski definition) is 2. The Balaban J connectivity index is 1.92. The SMILES string of the molecule is CC(C)(C)C1CCCN(Cc2ccc(C(=O)NN)o2)CC1. The summed E-state index contributed by atoms with van der Waals surface area (Å²) in [6.07, 6.45) is 3.73. The van der Waals surface area contributed by atoms with Gasteiger partial charge in [0.15, 0.2) is 5.76 Å². The van der Waals surface area contributed by atoms with Gasteiger partial charge in [-0.1, -0.05) is 20.8 Å². The number of furan rings is 1. The molecule has 1 saturated heterocycles. The van der Waals surface area contributed by atoms with E-state index in [1.807, 2.05) is 6.07 Å². The second-order valence-corrected chi connectivity index (χ2v) is 7.01. The molecule has 2 heterocycles. The minimum Gasteiger partial charge on any atom is -0.455 e. The van der Waals surface area contributed by atoms with E-state index in [0.717, 1.165) is 31.3 Å². The highest BCUT2D eigenvalue weighted by Gasteiger charge is 2.27. The van der Waals surface area contributed by atoms with E-state index in [1.165, 1.54) is 19.3 Å². The summed E-state index contributed by atoms with van der Waals surface area (Å²) in [5.41, 5.74) is 2.47. The summed E-state index contributed by atoms with van der Waals surface area (Å²) in [5, 5.41) is 0.